The zero-order valence-corrected chi connectivity index (χ0v) is 13.7. The summed E-state index contributed by atoms with van der Waals surface area (Å²) in [5.41, 5.74) is 1.47. The molecule has 1 aliphatic carbocycles. The summed E-state index contributed by atoms with van der Waals surface area (Å²) in [5, 5.41) is 9.43. The summed E-state index contributed by atoms with van der Waals surface area (Å²) in [5.74, 6) is 1.59. The van der Waals surface area contributed by atoms with Crippen molar-refractivity contribution in [2.45, 2.75) is 59.5 Å². The normalized spacial score (nSPS) is 26.1. The van der Waals surface area contributed by atoms with E-state index in [1.54, 1.807) is 0 Å². The molecule has 0 amide bonds. The van der Waals surface area contributed by atoms with Gasteiger partial charge >= 0.3 is 0 Å². The van der Waals surface area contributed by atoms with Crippen LogP contribution in [0.3, 0.4) is 0 Å². The fourth-order valence-electron chi connectivity index (χ4n) is 3.26. The lowest BCUT2D eigenvalue weighted by Crippen LogP contribution is -2.38. The number of ether oxygens (including phenoxy) is 1. The molecule has 0 aliphatic heterocycles. The highest BCUT2D eigenvalue weighted by atomic mass is 16.5. The van der Waals surface area contributed by atoms with E-state index in [1.807, 2.05) is 18.2 Å². The minimum Gasteiger partial charge on any atom is -0.489 e. The van der Waals surface area contributed by atoms with Crippen molar-refractivity contribution < 1.29 is 4.74 Å². The Labute approximate surface area is 129 Å². The highest BCUT2D eigenvalue weighted by Gasteiger charge is 2.38. The average molecular weight is 285 g/mol. The maximum atomic E-state index is 9.43. The smallest absolute Gasteiger partial charge is 0.122 e. The molecular formula is C19H27NO. The second kappa shape index (κ2) is 6.52. The number of nitriles is 1. The van der Waals surface area contributed by atoms with Crippen LogP contribution in [0.1, 0.15) is 52.0 Å². The summed E-state index contributed by atoms with van der Waals surface area (Å²) in [6.07, 6.45) is 4.30. The van der Waals surface area contributed by atoms with Crippen LogP contribution in [0.5, 0.6) is 5.75 Å². The zero-order chi connectivity index (χ0) is 15.5. The second-order valence-corrected chi connectivity index (χ2v) is 7.01. The lowest BCUT2D eigenvalue weighted by Gasteiger charge is -2.41. The molecule has 2 nitrogen and oxygen atoms in total. The summed E-state index contributed by atoms with van der Waals surface area (Å²) in [4.78, 5) is 0. The number of benzene rings is 1. The van der Waals surface area contributed by atoms with Gasteiger partial charge in [-0.1, -0.05) is 45.4 Å². The highest BCUT2D eigenvalue weighted by Crippen LogP contribution is 2.43. The second-order valence-electron chi connectivity index (χ2n) is 7.01. The fraction of sp³-hybridized carbons (Fsp3) is 0.632. The molecule has 2 heteroatoms. The van der Waals surface area contributed by atoms with Gasteiger partial charge in [-0.3, -0.25) is 0 Å². The largest absolute Gasteiger partial charge is 0.489 e. The van der Waals surface area contributed by atoms with E-state index in [0.29, 0.717) is 11.3 Å². The Hall–Kier alpha value is -1.49. The first-order valence-corrected chi connectivity index (χ1v) is 8.10. The molecule has 114 valence electrons. The van der Waals surface area contributed by atoms with Crippen LogP contribution >= 0.6 is 0 Å². The van der Waals surface area contributed by atoms with Crippen LogP contribution in [0, 0.1) is 35.5 Å². The fourth-order valence-corrected chi connectivity index (χ4v) is 3.26. The quantitative estimate of drug-likeness (QED) is 0.769. The van der Waals surface area contributed by atoms with E-state index in [0.717, 1.165) is 30.6 Å². The molecule has 21 heavy (non-hydrogen) atoms. The molecule has 1 aromatic carbocycles. The highest BCUT2D eigenvalue weighted by molar-refractivity contribution is 5.32. The molecule has 3 atom stereocenters. The SMILES string of the molecule is CCC(C)(C)C1CCC(C#N)C(Oc2ccccc2C)C1. The van der Waals surface area contributed by atoms with E-state index >= 15 is 0 Å². The van der Waals surface area contributed by atoms with Crippen molar-refractivity contribution in [2.75, 3.05) is 0 Å². The summed E-state index contributed by atoms with van der Waals surface area (Å²) in [6.45, 7) is 9.00. The van der Waals surface area contributed by atoms with E-state index in [-0.39, 0.29) is 12.0 Å². The number of hydrogen-bond acceptors (Lipinski definition) is 2. The third-order valence-corrected chi connectivity index (χ3v) is 5.35. The predicted octanol–water partition coefficient (Wildman–Crippen LogP) is 5.12. The summed E-state index contributed by atoms with van der Waals surface area (Å²) in [6, 6.07) is 10.6. The Bertz CT molecular complexity index is 515. The van der Waals surface area contributed by atoms with Crippen molar-refractivity contribution in [1.82, 2.24) is 0 Å². The first-order chi connectivity index (χ1) is 9.97. The standard InChI is InChI=1S/C19H27NO/c1-5-19(3,4)16-11-10-15(13-20)18(12-16)21-17-9-7-6-8-14(17)2/h6-9,15-16,18H,5,10-12H2,1-4H3. The number of nitrogens with zero attached hydrogens (tertiary/aromatic N) is 1. The lowest BCUT2D eigenvalue weighted by atomic mass is 9.67. The summed E-state index contributed by atoms with van der Waals surface area (Å²) in [7, 11) is 0. The van der Waals surface area contributed by atoms with Crippen molar-refractivity contribution >= 4 is 0 Å². The van der Waals surface area contributed by atoms with Gasteiger partial charge in [0, 0.05) is 0 Å². The molecule has 0 saturated heterocycles. The molecule has 1 saturated carbocycles. The lowest BCUT2D eigenvalue weighted by molar-refractivity contribution is 0.0406. The van der Waals surface area contributed by atoms with Gasteiger partial charge in [-0.2, -0.15) is 5.26 Å². The first-order valence-electron chi connectivity index (χ1n) is 8.10. The minimum atomic E-state index is 0.0218. The molecule has 2 rings (SSSR count). The van der Waals surface area contributed by atoms with Crippen LogP contribution in [0.15, 0.2) is 24.3 Å². The Balaban J connectivity index is 2.15. The maximum Gasteiger partial charge on any atom is 0.122 e. The maximum absolute atomic E-state index is 9.43. The molecule has 0 heterocycles. The monoisotopic (exact) mass is 285 g/mol. The van der Waals surface area contributed by atoms with Crippen LogP contribution in [0.25, 0.3) is 0 Å². The van der Waals surface area contributed by atoms with Crippen molar-refractivity contribution in [3.63, 3.8) is 0 Å². The molecule has 0 spiro atoms. The van der Waals surface area contributed by atoms with Gasteiger partial charge in [0.15, 0.2) is 0 Å². The number of aryl methyl sites for hydroxylation is 1. The Kier molecular flexibility index (Phi) is 4.93. The number of para-hydroxylation sites is 1. The van der Waals surface area contributed by atoms with Crippen molar-refractivity contribution in [1.29, 1.82) is 5.26 Å². The summed E-state index contributed by atoms with van der Waals surface area (Å²) >= 11 is 0. The van der Waals surface area contributed by atoms with Gasteiger partial charge in [0.1, 0.15) is 11.9 Å². The van der Waals surface area contributed by atoms with Crippen LogP contribution < -0.4 is 4.74 Å². The summed E-state index contributed by atoms with van der Waals surface area (Å²) < 4.78 is 6.24. The Morgan fingerprint density at radius 1 is 1.29 bits per heavy atom. The van der Waals surface area contributed by atoms with E-state index < -0.39 is 0 Å². The topological polar surface area (TPSA) is 33.0 Å². The van der Waals surface area contributed by atoms with Gasteiger partial charge in [-0.05, 0) is 49.1 Å². The van der Waals surface area contributed by atoms with Crippen molar-refractivity contribution in [3.05, 3.63) is 29.8 Å². The van der Waals surface area contributed by atoms with Gasteiger partial charge in [0.25, 0.3) is 0 Å². The van der Waals surface area contributed by atoms with Gasteiger partial charge < -0.3 is 4.74 Å². The van der Waals surface area contributed by atoms with Gasteiger partial charge in [-0.15, -0.1) is 0 Å². The van der Waals surface area contributed by atoms with Crippen LogP contribution in [-0.2, 0) is 0 Å². The van der Waals surface area contributed by atoms with E-state index in [1.165, 1.54) is 6.42 Å². The predicted molar refractivity (Wildman–Crippen MR) is 86.1 cm³/mol. The van der Waals surface area contributed by atoms with Crippen LogP contribution in [0.2, 0.25) is 0 Å². The third-order valence-electron chi connectivity index (χ3n) is 5.35. The molecule has 0 radical (unpaired) electrons. The van der Waals surface area contributed by atoms with Gasteiger partial charge in [-0.25, -0.2) is 0 Å². The zero-order valence-electron chi connectivity index (χ0n) is 13.7. The third kappa shape index (κ3) is 3.59. The molecule has 0 bridgehead atoms. The Morgan fingerprint density at radius 2 is 2.00 bits per heavy atom. The minimum absolute atomic E-state index is 0.0218. The molecule has 3 unspecified atom stereocenters. The molecular weight excluding hydrogens is 258 g/mol. The molecule has 0 N–H and O–H groups in total. The average Bonchev–Trinajstić information content (AvgIpc) is 2.49. The van der Waals surface area contributed by atoms with Gasteiger partial charge in [0.2, 0.25) is 0 Å². The molecule has 1 aliphatic rings. The van der Waals surface area contributed by atoms with Crippen LogP contribution in [0.4, 0.5) is 0 Å². The number of rotatable bonds is 4. The van der Waals surface area contributed by atoms with E-state index in [9.17, 15) is 5.26 Å². The Morgan fingerprint density at radius 3 is 2.62 bits per heavy atom. The van der Waals surface area contributed by atoms with Crippen molar-refractivity contribution in [2.24, 2.45) is 17.3 Å². The van der Waals surface area contributed by atoms with Gasteiger partial charge in [0.05, 0.1) is 12.0 Å². The molecule has 1 aromatic rings. The van der Waals surface area contributed by atoms with Crippen molar-refractivity contribution in [3.8, 4) is 11.8 Å². The number of hydrogen-bond donors (Lipinski definition) is 0. The van der Waals surface area contributed by atoms with E-state index in [2.05, 4.69) is 39.8 Å². The van der Waals surface area contributed by atoms with E-state index in [4.69, 9.17) is 4.74 Å². The molecule has 1 fully saturated rings. The molecule has 0 aromatic heterocycles. The first kappa shape index (κ1) is 15.9. The van der Waals surface area contributed by atoms with Crippen LogP contribution in [-0.4, -0.2) is 6.10 Å².